The number of rotatable bonds is 2. The number of alkyl halides is 3. The van der Waals surface area contributed by atoms with Gasteiger partial charge in [0, 0.05) is 5.69 Å². The van der Waals surface area contributed by atoms with Crippen LogP contribution in [0.15, 0.2) is 24.3 Å². The lowest BCUT2D eigenvalue weighted by molar-refractivity contribution is -0.137. The molecule has 110 valence electrons. The van der Waals surface area contributed by atoms with E-state index >= 15 is 0 Å². The summed E-state index contributed by atoms with van der Waals surface area (Å²) in [6.45, 7) is 2.59. The molecule has 1 aliphatic rings. The second-order valence-electron chi connectivity index (χ2n) is 5.25. The molecular weight excluding hydrogens is 269 g/mol. The van der Waals surface area contributed by atoms with Crippen LogP contribution in [-0.4, -0.2) is 18.0 Å². The van der Waals surface area contributed by atoms with Gasteiger partial charge in [-0.3, -0.25) is 4.79 Å². The monoisotopic (exact) mass is 286 g/mol. The molecule has 0 radical (unpaired) electrons. The van der Waals surface area contributed by atoms with E-state index in [1.54, 1.807) is 0 Å². The SMILES string of the molecule is CC1(C(=O)Nc2ccc(C(F)(F)F)cc2)CCCCN1. The van der Waals surface area contributed by atoms with Gasteiger partial charge in [-0.15, -0.1) is 0 Å². The molecule has 2 N–H and O–H groups in total. The Labute approximate surface area is 115 Å². The molecule has 1 saturated heterocycles. The van der Waals surface area contributed by atoms with Crippen LogP contribution < -0.4 is 10.6 Å². The van der Waals surface area contributed by atoms with E-state index in [1.807, 2.05) is 6.92 Å². The van der Waals surface area contributed by atoms with Gasteiger partial charge >= 0.3 is 6.18 Å². The van der Waals surface area contributed by atoms with Gasteiger partial charge < -0.3 is 10.6 Å². The lowest BCUT2D eigenvalue weighted by atomic mass is 9.90. The maximum Gasteiger partial charge on any atom is 0.416 e. The molecule has 1 atom stereocenters. The maximum absolute atomic E-state index is 12.4. The van der Waals surface area contributed by atoms with Crippen molar-refractivity contribution in [2.45, 2.75) is 37.9 Å². The average molecular weight is 286 g/mol. The van der Waals surface area contributed by atoms with E-state index in [-0.39, 0.29) is 5.91 Å². The first-order valence-electron chi connectivity index (χ1n) is 6.55. The standard InChI is InChI=1S/C14H17F3N2O/c1-13(8-2-3-9-18-13)12(20)19-11-6-4-10(5-7-11)14(15,16)17/h4-7,18H,2-3,8-9H2,1H3,(H,19,20). The number of halogens is 3. The molecule has 1 heterocycles. The van der Waals surface area contributed by atoms with Crippen LogP contribution in [-0.2, 0) is 11.0 Å². The Morgan fingerprint density at radius 1 is 1.25 bits per heavy atom. The second-order valence-corrected chi connectivity index (χ2v) is 5.25. The number of carbonyl (C=O) groups excluding carboxylic acids is 1. The number of hydrogen-bond acceptors (Lipinski definition) is 2. The number of hydrogen-bond donors (Lipinski definition) is 2. The lowest BCUT2D eigenvalue weighted by Gasteiger charge is -2.33. The van der Waals surface area contributed by atoms with Crippen molar-refractivity contribution in [2.75, 3.05) is 11.9 Å². The van der Waals surface area contributed by atoms with Crippen molar-refractivity contribution in [1.29, 1.82) is 0 Å². The van der Waals surface area contributed by atoms with E-state index in [0.717, 1.165) is 37.9 Å². The van der Waals surface area contributed by atoms with Crippen LogP contribution >= 0.6 is 0 Å². The molecule has 0 aliphatic carbocycles. The molecule has 0 saturated carbocycles. The Morgan fingerprint density at radius 2 is 1.90 bits per heavy atom. The molecule has 6 heteroatoms. The van der Waals surface area contributed by atoms with Gasteiger partial charge in [0.05, 0.1) is 11.1 Å². The quantitative estimate of drug-likeness (QED) is 0.876. The van der Waals surface area contributed by atoms with Crippen LogP contribution in [0.25, 0.3) is 0 Å². The predicted molar refractivity (Wildman–Crippen MR) is 70.3 cm³/mol. The van der Waals surface area contributed by atoms with Crippen molar-refractivity contribution in [3.63, 3.8) is 0 Å². The third-order valence-corrected chi connectivity index (χ3v) is 3.59. The molecule has 1 aliphatic heterocycles. The summed E-state index contributed by atoms with van der Waals surface area (Å²) in [5.74, 6) is -0.211. The fourth-order valence-electron chi connectivity index (χ4n) is 2.26. The van der Waals surface area contributed by atoms with E-state index < -0.39 is 17.3 Å². The van der Waals surface area contributed by atoms with Crippen LogP contribution in [0.3, 0.4) is 0 Å². The summed E-state index contributed by atoms with van der Waals surface area (Å²) in [6, 6.07) is 4.47. The van der Waals surface area contributed by atoms with Gasteiger partial charge in [0.15, 0.2) is 0 Å². The summed E-state index contributed by atoms with van der Waals surface area (Å²) in [6.07, 6.45) is -1.65. The summed E-state index contributed by atoms with van der Waals surface area (Å²) in [4.78, 5) is 12.2. The molecule has 0 aromatic heterocycles. The number of carbonyl (C=O) groups is 1. The zero-order valence-electron chi connectivity index (χ0n) is 11.2. The van der Waals surface area contributed by atoms with Crippen molar-refractivity contribution >= 4 is 11.6 Å². The largest absolute Gasteiger partial charge is 0.416 e. The van der Waals surface area contributed by atoms with Gasteiger partial charge in [-0.1, -0.05) is 0 Å². The summed E-state index contributed by atoms with van der Waals surface area (Å²) in [5.41, 5.74) is -1.00. The number of benzene rings is 1. The predicted octanol–water partition coefficient (Wildman–Crippen LogP) is 3.18. The Kier molecular flexibility index (Phi) is 4.04. The number of amides is 1. The number of anilines is 1. The average Bonchev–Trinajstić information content (AvgIpc) is 2.39. The molecule has 20 heavy (non-hydrogen) atoms. The Balaban J connectivity index is 2.04. The fraction of sp³-hybridized carbons (Fsp3) is 0.500. The minimum absolute atomic E-state index is 0.211. The first-order chi connectivity index (χ1) is 9.31. The highest BCUT2D eigenvalue weighted by molar-refractivity contribution is 5.97. The van der Waals surface area contributed by atoms with E-state index in [4.69, 9.17) is 0 Å². The van der Waals surface area contributed by atoms with Crippen LogP contribution in [0.5, 0.6) is 0 Å². The Morgan fingerprint density at radius 3 is 2.40 bits per heavy atom. The van der Waals surface area contributed by atoms with Crippen molar-refractivity contribution in [1.82, 2.24) is 5.32 Å². The summed E-state index contributed by atoms with van der Waals surface area (Å²) in [5, 5.41) is 5.82. The normalized spacial score (nSPS) is 23.4. The van der Waals surface area contributed by atoms with Crippen LogP contribution in [0.1, 0.15) is 31.7 Å². The first-order valence-corrected chi connectivity index (χ1v) is 6.55. The highest BCUT2D eigenvalue weighted by Crippen LogP contribution is 2.30. The fourth-order valence-corrected chi connectivity index (χ4v) is 2.26. The third-order valence-electron chi connectivity index (χ3n) is 3.59. The number of nitrogens with one attached hydrogen (secondary N) is 2. The Bertz CT molecular complexity index is 476. The van der Waals surface area contributed by atoms with Crippen molar-refractivity contribution < 1.29 is 18.0 Å². The van der Waals surface area contributed by atoms with Crippen LogP contribution in [0.2, 0.25) is 0 Å². The van der Waals surface area contributed by atoms with Crippen LogP contribution in [0.4, 0.5) is 18.9 Å². The van der Waals surface area contributed by atoms with Crippen molar-refractivity contribution in [3.05, 3.63) is 29.8 Å². The van der Waals surface area contributed by atoms with Gasteiger partial charge in [0.1, 0.15) is 0 Å². The summed E-state index contributed by atoms with van der Waals surface area (Å²) < 4.78 is 37.3. The molecule has 3 nitrogen and oxygen atoms in total. The molecule has 1 amide bonds. The minimum atomic E-state index is -4.36. The van der Waals surface area contributed by atoms with Crippen molar-refractivity contribution in [2.24, 2.45) is 0 Å². The van der Waals surface area contributed by atoms with Crippen LogP contribution in [0, 0.1) is 0 Å². The minimum Gasteiger partial charge on any atom is -0.324 e. The lowest BCUT2D eigenvalue weighted by Crippen LogP contribution is -2.54. The molecule has 1 unspecified atom stereocenters. The molecular formula is C14H17F3N2O. The maximum atomic E-state index is 12.4. The highest BCUT2D eigenvalue weighted by Gasteiger charge is 2.34. The van der Waals surface area contributed by atoms with Gasteiger partial charge in [0.2, 0.25) is 5.91 Å². The zero-order valence-corrected chi connectivity index (χ0v) is 11.2. The summed E-state index contributed by atoms with van der Waals surface area (Å²) in [7, 11) is 0. The van der Waals surface area contributed by atoms with Gasteiger partial charge in [0.25, 0.3) is 0 Å². The number of piperidine rings is 1. The topological polar surface area (TPSA) is 41.1 Å². The molecule has 1 fully saturated rings. The molecule has 2 rings (SSSR count). The molecule has 1 aromatic carbocycles. The van der Waals surface area contributed by atoms with Gasteiger partial charge in [-0.2, -0.15) is 13.2 Å². The molecule has 0 spiro atoms. The molecule has 1 aromatic rings. The highest BCUT2D eigenvalue weighted by atomic mass is 19.4. The smallest absolute Gasteiger partial charge is 0.324 e. The van der Waals surface area contributed by atoms with E-state index in [1.165, 1.54) is 12.1 Å². The Hall–Kier alpha value is -1.56. The zero-order chi connectivity index (χ0) is 14.8. The van der Waals surface area contributed by atoms with Crippen molar-refractivity contribution in [3.8, 4) is 0 Å². The van der Waals surface area contributed by atoms with E-state index in [9.17, 15) is 18.0 Å². The van der Waals surface area contributed by atoms with Gasteiger partial charge in [-0.05, 0) is 57.0 Å². The van der Waals surface area contributed by atoms with E-state index in [0.29, 0.717) is 5.69 Å². The van der Waals surface area contributed by atoms with Gasteiger partial charge in [-0.25, -0.2) is 0 Å². The first kappa shape index (κ1) is 14.8. The third kappa shape index (κ3) is 3.30. The molecule has 0 bridgehead atoms. The summed E-state index contributed by atoms with van der Waals surface area (Å²) >= 11 is 0. The van der Waals surface area contributed by atoms with E-state index in [2.05, 4.69) is 10.6 Å². The second kappa shape index (κ2) is 5.44.